The van der Waals surface area contributed by atoms with Crippen molar-refractivity contribution in [2.24, 2.45) is 17.6 Å². The van der Waals surface area contributed by atoms with Gasteiger partial charge in [-0.1, -0.05) is 46.2 Å². The summed E-state index contributed by atoms with van der Waals surface area (Å²) in [5.41, 5.74) is 7.31. The summed E-state index contributed by atoms with van der Waals surface area (Å²) < 4.78 is 0. The number of H-pyrrole nitrogens is 1. The number of carbonyl (C=O) groups is 4. The summed E-state index contributed by atoms with van der Waals surface area (Å²) in [5, 5.41) is 27.1. The van der Waals surface area contributed by atoms with E-state index in [1.165, 1.54) is 18.5 Å². The zero-order chi connectivity index (χ0) is 28.4. The topological polar surface area (TPSA) is 200 Å². The largest absolute Gasteiger partial charge is 0.508 e. The number of imidazole rings is 1. The second kappa shape index (κ2) is 14.1. The van der Waals surface area contributed by atoms with Crippen molar-refractivity contribution in [1.82, 2.24) is 25.9 Å². The lowest BCUT2D eigenvalue weighted by Crippen LogP contribution is -2.59. The highest BCUT2D eigenvalue weighted by atomic mass is 16.4. The van der Waals surface area contributed by atoms with Gasteiger partial charge in [0, 0.05) is 24.7 Å². The molecule has 0 spiro atoms. The molecule has 1 aromatic carbocycles. The van der Waals surface area contributed by atoms with Gasteiger partial charge in [-0.15, -0.1) is 0 Å². The van der Waals surface area contributed by atoms with Crippen LogP contribution in [0.15, 0.2) is 36.8 Å². The first-order chi connectivity index (χ1) is 17.9. The average molecular weight is 531 g/mol. The number of nitrogens with two attached hydrogens (primary N) is 1. The molecule has 1 heterocycles. The molecule has 2 aromatic rings. The maximum atomic E-state index is 13.3. The van der Waals surface area contributed by atoms with Crippen LogP contribution in [-0.2, 0) is 32.0 Å². The van der Waals surface area contributed by atoms with Crippen molar-refractivity contribution in [3.8, 4) is 5.75 Å². The highest BCUT2D eigenvalue weighted by molar-refractivity contribution is 5.94. The highest BCUT2D eigenvalue weighted by Gasteiger charge is 2.33. The molecule has 0 aliphatic rings. The molecule has 0 bridgehead atoms. The minimum absolute atomic E-state index is 0.0306. The number of aromatic amines is 1. The first kappa shape index (κ1) is 30.3. The third kappa shape index (κ3) is 8.87. The number of nitrogens with zero attached hydrogens (tertiary/aromatic N) is 1. The van der Waals surface area contributed by atoms with Gasteiger partial charge < -0.3 is 36.9 Å². The normalized spacial score (nSPS) is 15.1. The molecule has 0 aliphatic carbocycles. The Labute approximate surface area is 221 Å². The van der Waals surface area contributed by atoms with E-state index in [0.29, 0.717) is 17.7 Å². The van der Waals surface area contributed by atoms with E-state index in [2.05, 4.69) is 25.9 Å². The average Bonchev–Trinajstić information content (AvgIpc) is 3.38. The fraction of sp³-hybridized carbons (Fsp3) is 0.500. The van der Waals surface area contributed by atoms with Crippen molar-refractivity contribution in [2.75, 3.05) is 0 Å². The quantitative estimate of drug-likeness (QED) is 0.183. The predicted octanol–water partition coefficient (Wildman–Crippen LogP) is 0.469. The monoisotopic (exact) mass is 530 g/mol. The van der Waals surface area contributed by atoms with E-state index in [1.807, 2.05) is 6.92 Å². The number of phenols is 1. The van der Waals surface area contributed by atoms with Crippen LogP contribution in [-0.4, -0.2) is 68.0 Å². The second-order valence-electron chi connectivity index (χ2n) is 9.76. The van der Waals surface area contributed by atoms with E-state index in [9.17, 15) is 29.4 Å². The summed E-state index contributed by atoms with van der Waals surface area (Å²) in [4.78, 5) is 57.8. The van der Waals surface area contributed by atoms with E-state index in [1.54, 1.807) is 39.1 Å². The third-order valence-corrected chi connectivity index (χ3v) is 6.36. The fourth-order valence-electron chi connectivity index (χ4n) is 3.80. The van der Waals surface area contributed by atoms with Crippen LogP contribution in [0.2, 0.25) is 0 Å². The van der Waals surface area contributed by atoms with Gasteiger partial charge in [-0.3, -0.25) is 14.4 Å². The minimum Gasteiger partial charge on any atom is -0.508 e. The van der Waals surface area contributed by atoms with Crippen molar-refractivity contribution in [3.63, 3.8) is 0 Å². The van der Waals surface area contributed by atoms with Crippen molar-refractivity contribution in [2.45, 2.75) is 71.1 Å². The highest BCUT2D eigenvalue weighted by Crippen LogP contribution is 2.14. The van der Waals surface area contributed by atoms with Crippen LogP contribution < -0.4 is 21.7 Å². The SMILES string of the molecule is CCC(C)C(NC(=O)C(Cc1ccc(O)cc1)NC(=O)C(NC(=O)C(N)Cc1cnc[nH]1)C(C)C)C(=O)O. The molecule has 12 nitrogen and oxygen atoms in total. The number of phenolic OH excluding ortho intramolecular Hbond substituents is 1. The number of carboxylic acids is 1. The zero-order valence-corrected chi connectivity index (χ0v) is 22.1. The van der Waals surface area contributed by atoms with Gasteiger partial charge >= 0.3 is 5.97 Å². The van der Waals surface area contributed by atoms with Crippen molar-refractivity contribution >= 4 is 23.7 Å². The first-order valence-electron chi connectivity index (χ1n) is 12.6. The van der Waals surface area contributed by atoms with Gasteiger partial charge in [0.15, 0.2) is 0 Å². The lowest BCUT2D eigenvalue weighted by atomic mass is 9.97. The number of benzene rings is 1. The molecule has 5 unspecified atom stereocenters. The van der Waals surface area contributed by atoms with Crippen LogP contribution in [0.1, 0.15) is 45.4 Å². The Kier molecular flexibility index (Phi) is 11.3. The van der Waals surface area contributed by atoms with Crippen LogP contribution in [0.4, 0.5) is 0 Å². The maximum absolute atomic E-state index is 13.3. The number of aliphatic carboxylic acids is 1. The number of hydrogen-bond acceptors (Lipinski definition) is 7. The molecule has 12 heteroatoms. The van der Waals surface area contributed by atoms with Crippen LogP contribution in [0.25, 0.3) is 0 Å². The minimum atomic E-state index is -1.18. The lowest BCUT2D eigenvalue weighted by Gasteiger charge is -2.28. The Balaban J connectivity index is 2.21. The fourth-order valence-corrected chi connectivity index (χ4v) is 3.80. The van der Waals surface area contributed by atoms with Gasteiger partial charge in [0.2, 0.25) is 17.7 Å². The Bertz CT molecular complexity index is 1070. The Hall–Kier alpha value is -3.93. The molecular weight excluding hydrogens is 492 g/mol. The summed E-state index contributed by atoms with van der Waals surface area (Å²) >= 11 is 0. The molecule has 5 atom stereocenters. The second-order valence-corrected chi connectivity index (χ2v) is 9.76. The Morgan fingerprint density at radius 1 is 0.947 bits per heavy atom. The summed E-state index contributed by atoms with van der Waals surface area (Å²) in [6.45, 7) is 7.01. The molecule has 0 radical (unpaired) electrons. The number of nitrogens with one attached hydrogen (secondary N) is 4. The molecule has 0 saturated carbocycles. The summed E-state index contributed by atoms with van der Waals surface area (Å²) in [6, 6.07) is 1.86. The molecule has 3 amide bonds. The number of rotatable bonds is 14. The summed E-state index contributed by atoms with van der Waals surface area (Å²) in [5.74, 6) is -3.67. The third-order valence-electron chi connectivity index (χ3n) is 6.36. The van der Waals surface area contributed by atoms with Crippen molar-refractivity contribution in [1.29, 1.82) is 0 Å². The zero-order valence-electron chi connectivity index (χ0n) is 22.1. The molecule has 0 fully saturated rings. The number of aromatic nitrogens is 2. The molecular formula is C26H38N6O6. The number of hydrogen-bond donors (Lipinski definition) is 7. The van der Waals surface area contributed by atoms with E-state index in [0.717, 1.165) is 0 Å². The van der Waals surface area contributed by atoms with Crippen LogP contribution >= 0.6 is 0 Å². The smallest absolute Gasteiger partial charge is 0.326 e. The molecule has 1 aromatic heterocycles. The molecule has 0 saturated heterocycles. The Morgan fingerprint density at radius 3 is 2.11 bits per heavy atom. The lowest BCUT2D eigenvalue weighted by molar-refractivity contribution is -0.143. The van der Waals surface area contributed by atoms with Gasteiger partial charge in [-0.2, -0.15) is 0 Å². The van der Waals surface area contributed by atoms with E-state index in [-0.39, 0.29) is 30.4 Å². The van der Waals surface area contributed by atoms with Gasteiger partial charge in [0.25, 0.3) is 0 Å². The Morgan fingerprint density at radius 2 is 1.58 bits per heavy atom. The summed E-state index contributed by atoms with van der Waals surface area (Å²) in [7, 11) is 0. The van der Waals surface area contributed by atoms with E-state index >= 15 is 0 Å². The van der Waals surface area contributed by atoms with Gasteiger partial charge in [-0.05, 0) is 29.5 Å². The maximum Gasteiger partial charge on any atom is 0.326 e. The number of carboxylic acid groups (broad SMARTS) is 1. The standard InChI is InChI=1S/C26H38N6O6/c1-5-15(4)22(26(37)38)32-24(35)20(10-16-6-8-18(33)9-7-16)30-25(36)21(14(2)3)31-23(34)19(27)11-17-12-28-13-29-17/h6-9,12-15,19-22,33H,5,10-11,27H2,1-4H3,(H,28,29)(H,30,36)(H,31,34)(H,32,35)(H,37,38). The van der Waals surface area contributed by atoms with Crippen molar-refractivity contribution in [3.05, 3.63) is 48.0 Å². The van der Waals surface area contributed by atoms with E-state index < -0.39 is 47.9 Å². The number of amides is 3. The van der Waals surface area contributed by atoms with Gasteiger partial charge in [-0.25, -0.2) is 9.78 Å². The number of aromatic hydroxyl groups is 1. The van der Waals surface area contributed by atoms with Crippen LogP contribution in [0.3, 0.4) is 0 Å². The molecule has 8 N–H and O–H groups in total. The molecule has 2 rings (SSSR count). The molecule has 38 heavy (non-hydrogen) atoms. The van der Waals surface area contributed by atoms with Gasteiger partial charge in [0.05, 0.1) is 12.4 Å². The first-order valence-corrected chi connectivity index (χ1v) is 12.6. The summed E-state index contributed by atoms with van der Waals surface area (Å²) in [6.07, 6.45) is 3.77. The van der Waals surface area contributed by atoms with Crippen LogP contribution in [0.5, 0.6) is 5.75 Å². The molecule has 208 valence electrons. The number of carbonyl (C=O) groups excluding carboxylic acids is 3. The van der Waals surface area contributed by atoms with Gasteiger partial charge in [0.1, 0.15) is 23.9 Å². The molecule has 0 aliphatic heterocycles. The van der Waals surface area contributed by atoms with Crippen molar-refractivity contribution < 1.29 is 29.4 Å². The predicted molar refractivity (Wildman–Crippen MR) is 140 cm³/mol. The van der Waals surface area contributed by atoms with Crippen LogP contribution in [0, 0.1) is 11.8 Å². The van der Waals surface area contributed by atoms with E-state index in [4.69, 9.17) is 5.73 Å².